The summed E-state index contributed by atoms with van der Waals surface area (Å²) in [5, 5.41) is 5.52. The van der Waals surface area contributed by atoms with Crippen LogP contribution in [0.2, 0.25) is 0 Å². The van der Waals surface area contributed by atoms with Crippen LogP contribution in [-0.4, -0.2) is 16.1 Å². The number of hydrogen-bond donors (Lipinski definition) is 0. The molecule has 0 bridgehead atoms. The molecule has 0 aliphatic heterocycles. The van der Waals surface area contributed by atoms with E-state index < -0.39 is 0 Å². The molecule has 102 valence electrons. The smallest absolute Gasteiger partial charge is 0.153 e. The molecule has 0 aliphatic rings. The van der Waals surface area contributed by atoms with Gasteiger partial charge in [0.25, 0.3) is 0 Å². The maximum absolute atomic E-state index is 11.3. The standard InChI is InChI=1S/C16H16N2O2/c1-11(2)7-18-8-12(9-19)16(17-18)14-10-20-15-6-4-3-5-13(14)15/h3-6,8-11H,7H2,1-2H3. The normalized spacial score (nSPS) is 11.3. The van der Waals surface area contributed by atoms with Gasteiger partial charge >= 0.3 is 0 Å². The molecule has 3 rings (SSSR count). The first kappa shape index (κ1) is 12.7. The molecule has 0 saturated heterocycles. The second kappa shape index (κ2) is 4.96. The van der Waals surface area contributed by atoms with Gasteiger partial charge in [-0.2, -0.15) is 5.10 Å². The van der Waals surface area contributed by atoms with Crippen molar-refractivity contribution in [1.82, 2.24) is 9.78 Å². The lowest BCUT2D eigenvalue weighted by Crippen LogP contribution is -2.04. The minimum atomic E-state index is 0.475. The van der Waals surface area contributed by atoms with Crippen molar-refractivity contribution < 1.29 is 9.21 Å². The fourth-order valence-corrected chi connectivity index (χ4v) is 2.36. The van der Waals surface area contributed by atoms with Crippen LogP contribution in [0.5, 0.6) is 0 Å². The highest BCUT2D eigenvalue weighted by atomic mass is 16.3. The Bertz CT molecular complexity index is 753. The van der Waals surface area contributed by atoms with Crippen LogP contribution in [0, 0.1) is 5.92 Å². The molecule has 0 spiro atoms. The van der Waals surface area contributed by atoms with Gasteiger partial charge in [0.05, 0.1) is 5.56 Å². The molecule has 0 saturated carbocycles. The second-order valence-corrected chi connectivity index (χ2v) is 5.31. The quantitative estimate of drug-likeness (QED) is 0.677. The van der Waals surface area contributed by atoms with E-state index in [-0.39, 0.29) is 0 Å². The van der Waals surface area contributed by atoms with Gasteiger partial charge in [-0.1, -0.05) is 32.0 Å². The van der Waals surface area contributed by atoms with Gasteiger partial charge in [-0.3, -0.25) is 9.48 Å². The minimum absolute atomic E-state index is 0.475. The van der Waals surface area contributed by atoms with Crippen LogP contribution in [0.4, 0.5) is 0 Å². The zero-order valence-corrected chi connectivity index (χ0v) is 11.5. The van der Waals surface area contributed by atoms with Crippen molar-refractivity contribution in [3.8, 4) is 11.3 Å². The maximum atomic E-state index is 11.3. The summed E-state index contributed by atoms with van der Waals surface area (Å²) in [4.78, 5) is 11.3. The third-order valence-corrected chi connectivity index (χ3v) is 3.21. The summed E-state index contributed by atoms with van der Waals surface area (Å²) in [5.41, 5.74) is 2.95. The Labute approximate surface area is 117 Å². The van der Waals surface area contributed by atoms with Gasteiger partial charge in [-0.15, -0.1) is 0 Å². The highest BCUT2D eigenvalue weighted by molar-refractivity contribution is 5.97. The fourth-order valence-electron chi connectivity index (χ4n) is 2.36. The first-order chi connectivity index (χ1) is 9.69. The predicted molar refractivity (Wildman–Crippen MR) is 77.7 cm³/mol. The monoisotopic (exact) mass is 268 g/mol. The lowest BCUT2D eigenvalue weighted by atomic mass is 10.1. The zero-order chi connectivity index (χ0) is 14.1. The van der Waals surface area contributed by atoms with E-state index in [0.29, 0.717) is 17.2 Å². The van der Waals surface area contributed by atoms with Crippen LogP contribution in [0.15, 0.2) is 41.1 Å². The largest absolute Gasteiger partial charge is 0.464 e. The Morgan fingerprint density at radius 2 is 2.15 bits per heavy atom. The molecule has 3 aromatic rings. The average molecular weight is 268 g/mol. The number of benzene rings is 1. The van der Waals surface area contributed by atoms with Crippen LogP contribution in [0.25, 0.3) is 22.2 Å². The Balaban J connectivity index is 2.13. The van der Waals surface area contributed by atoms with Crippen LogP contribution in [-0.2, 0) is 6.54 Å². The van der Waals surface area contributed by atoms with Crippen molar-refractivity contribution in [3.05, 3.63) is 42.3 Å². The summed E-state index contributed by atoms with van der Waals surface area (Å²) in [6.07, 6.45) is 4.31. The zero-order valence-electron chi connectivity index (χ0n) is 11.5. The van der Waals surface area contributed by atoms with Crippen molar-refractivity contribution in [2.45, 2.75) is 20.4 Å². The molecule has 0 radical (unpaired) electrons. The summed E-state index contributed by atoms with van der Waals surface area (Å²) in [7, 11) is 0. The van der Waals surface area contributed by atoms with Crippen molar-refractivity contribution >= 4 is 17.3 Å². The minimum Gasteiger partial charge on any atom is -0.464 e. The van der Waals surface area contributed by atoms with Crippen LogP contribution < -0.4 is 0 Å². The molecule has 0 amide bonds. The third-order valence-electron chi connectivity index (χ3n) is 3.21. The topological polar surface area (TPSA) is 48.0 Å². The highest BCUT2D eigenvalue weighted by Gasteiger charge is 2.16. The molecule has 4 nitrogen and oxygen atoms in total. The summed E-state index contributed by atoms with van der Waals surface area (Å²) in [6.45, 7) is 5.03. The highest BCUT2D eigenvalue weighted by Crippen LogP contribution is 2.31. The lowest BCUT2D eigenvalue weighted by molar-refractivity contribution is 0.112. The molecule has 2 aromatic heterocycles. The van der Waals surface area contributed by atoms with Crippen LogP contribution in [0.3, 0.4) is 0 Å². The number of aldehydes is 1. The number of para-hydroxylation sites is 1. The number of furan rings is 1. The number of aromatic nitrogens is 2. The second-order valence-electron chi connectivity index (χ2n) is 5.31. The number of carbonyl (C=O) groups excluding carboxylic acids is 1. The third kappa shape index (κ3) is 2.13. The van der Waals surface area contributed by atoms with Gasteiger partial charge in [-0.05, 0) is 12.0 Å². The molecular formula is C16H16N2O2. The first-order valence-corrected chi connectivity index (χ1v) is 6.68. The van der Waals surface area contributed by atoms with E-state index in [1.54, 1.807) is 12.5 Å². The van der Waals surface area contributed by atoms with Crippen LogP contribution in [0.1, 0.15) is 24.2 Å². The van der Waals surface area contributed by atoms with Gasteiger partial charge in [0, 0.05) is 23.7 Å². The maximum Gasteiger partial charge on any atom is 0.153 e. The van der Waals surface area contributed by atoms with Gasteiger partial charge < -0.3 is 4.42 Å². The Kier molecular flexibility index (Phi) is 3.14. The summed E-state index contributed by atoms with van der Waals surface area (Å²) >= 11 is 0. The molecule has 0 atom stereocenters. The molecule has 1 aromatic carbocycles. The van der Waals surface area contributed by atoms with Gasteiger partial charge in [0.2, 0.25) is 0 Å². The van der Waals surface area contributed by atoms with E-state index in [1.807, 2.05) is 28.9 Å². The van der Waals surface area contributed by atoms with Gasteiger partial charge in [-0.25, -0.2) is 0 Å². The van der Waals surface area contributed by atoms with E-state index >= 15 is 0 Å². The van der Waals surface area contributed by atoms with E-state index in [2.05, 4.69) is 18.9 Å². The van der Waals surface area contributed by atoms with E-state index in [1.165, 1.54) is 0 Å². The Morgan fingerprint density at radius 3 is 2.90 bits per heavy atom. The van der Waals surface area contributed by atoms with Gasteiger partial charge in [0.1, 0.15) is 17.5 Å². The van der Waals surface area contributed by atoms with E-state index in [4.69, 9.17) is 4.42 Å². The summed E-state index contributed by atoms with van der Waals surface area (Å²) < 4.78 is 7.35. The number of carbonyl (C=O) groups is 1. The molecule has 0 N–H and O–H groups in total. The molecule has 0 fully saturated rings. The number of rotatable bonds is 4. The molecule has 4 heteroatoms. The molecule has 0 unspecified atom stereocenters. The predicted octanol–water partition coefficient (Wildman–Crippen LogP) is 3.76. The van der Waals surface area contributed by atoms with Crippen LogP contribution >= 0.6 is 0 Å². The van der Waals surface area contributed by atoms with E-state index in [9.17, 15) is 4.79 Å². The summed E-state index contributed by atoms with van der Waals surface area (Å²) in [5.74, 6) is 0.475. The Morgan fingerprint density at radius 1 is 1.35 bits per heavy atom. The average Bonchev–Trinajstić information content (AvgIpc) is 3.01. The first-order valence-electron chi connectivity index (χ1n) is 6.68. The number of fused-ring (bicyclic) bond motifs is 1. The number of nitrogens with zero attached hydrogens (tertiary/aromatic N) is 2. The summed E-state index contributed by atoms with van der Waals surface area (Å²) in [6, 6.07) is 7.76. The van der Waals surface area contributed by atoms with Crippen molar-refractivity contribution in [3.63, 3.8) is 0 Å². The SMILES string of the molecule is CC(C)Cn1cc(C=O)c(-c2coc3ccccc23)n1. The molecular weight excluding hydrogens is 252 g/mol. The van der Waals surface area contributed by atoms with Gasteiger partial charge in [0.15, 0.2) is 6.29 Å². The van der Waals surface area contributed by atoms with Crippen molar-refractivity contribution in [1.29, 1.82) is 0 Å². The fraction of sp³-hybridized carbons (Fsp3) is 0.250. The lowest BCUT2D eigenvalue weighted by Gasteiger charge is -2.03. The van der Waals surface area contributed by atoms with Crippen molar-refractivity contribution in [2.75, 3.05) is 0 Å². The molecule has 0 aliphatic carbocycles. The Hall–Kier alpha value is -2.36. The number of hydrogen-bond acceptors (Lipinski definition) is 3. The molecule has 2 heterocycles. The van der Waals surface area contributed by atoms with E-state index in [0.717, 1.165) is 29.4 Å². The molecule has 20 heavy (non-hydrogen) atoms. The van der Waals surface area contributed by atoms with Crippen molar-refractivity contribution in [2.24, 2.45) is 5.92 Å².